The largest absolute Gasteiger partial charge is 0.422 e. The van der Waals surface area contributed by atoms with Crippen LogP contribution in [0.25, 0.3) is 11.0 Å². The molecule has 2 aliphatic carbocycles. The fourth-order valence-electron chi connectivity index (χ4n) is 5.84. The van der Waals surface area contributed by atoms with Crippen molar-refractivity contribution >= 4 is 45.8 Å². The first-order chi connectivity index (χ1) is 17.0. The lowest BCUT2D eigenvalue weighted by atomic mass is 9.64. The van der Waals surface area contributed by atoms with Crippen molar-refractivity contribution in [3.63, 3.8) is 0 Å². The monoisotopic (exact) mass is 506 g/mol. The summed E-state index contributed by atoms with van der Waals surface area (Å²) in [5.74, 6) is -0.993. The molecule has 7 nitrogen and oxygen atoms in total. The predicted molar refractivity (Wildman–Crippen MR) is 138 cm³/mol. The van der Waals surface area contributed by atoms with E-state index in [-0.39, 0.29) is 11.5 Å². The van der Waals surface area contributed by atoms with Gasteiger partial charge in [0.15, 0.2) is 0 Å². The summed E-state index contributed by atoms with van der Waals surface area (Å²) in [7, 11) is 0. The Morgan fingerprint density at radius 1 is 1.08 bits per heavy atom. The van der Waals surface area contributed by atoms with Crippen LogP contribution in [0.1, 0.15) is 56.0 Å². The minimum absolute atomic E-state index is 0.103. The van der Waals surface area contributed by atoms with Crippen molar-refractivity contribution in [3.05, 3.63) is 75.1 Å². The number of hydrogen-bond donors (Lipinski definition) is 1. The number of benzene rings is 2. The fraction of sp³-hybridized carbons (Fsp3) is 0.357. The number of fused-ring (bicyclic) bond motifs is 3. The van der Waals surface area contributed by atoms with E-state index in [9.17, 15) is 14.4 Å². The Balaban J connectivity index is 1.43. The van der Waals surface area contributed by atoms with Crippen molar-refractivity contribution in [1.82, 2.24) is 0 Å². The molecule has 0 saturated heterocycles. The summed E-state index contributed by atoms with van der Waals surface area (Å²) in [6.07, 6.45) is 1.75. The molecule has 1 heterocycles. The molecule has 1 aromatic heterocycles. The summed E-state index contributed by atoms with van der Waals surface area (Å²) in [6, 6.07) is 13.8. The Morgan fingerprint density at radius 2 is 1.83 bits per heavy atom. The maximum atomic E-state index is 13.7. The molecule has 0 aliphatic heterocycles. The van der Waals surface area contributed by atoms with E-state index >= 15 is 0 Å². The maximum absolute atomic E-state index is 13.7. The van der Waals surface area contributed by atoms with E-state index in [1.54, 1.807) is 36.4 Å². The average Bonchev–Trinajstić information content (AvgIpc) is 3.15. The molecule has 5 rings (SSSR count). The third-order valence-electron chi connectivity index (χ3n) is 8.72. The van der Waals surface area contributed by atoms with Crippen molar-refractivity contribution in [2.24, 2.45) is 21.4 Å². The van der Waals surface area contributed by atoms with Crippen LogP contribution in [0.15, 0.2) is 62.9 Å². The van der Waals surface area contributed by atoms with Crippen molar-refractivity contribution in [3.8, 4) is 0 Å². The number of anilines is 1. The zero-order chi connectivity index (χ0) is 25.9. The first-order valence-corrected chi connectivity index (χ1v) is 12.3. The minimum atomic E-state index is -0.890. The van der Waals surface area contributed by atoms with Crippen molar-refractivity contribution in [1.29, 1.82) is 0 Å². The number of carbonyl (C=O) groups excluding carboxylic acids is 2. The van der Waals surface area contributed by atoms with Crippen LogP contribution in [-0.2, 0) is 9.63 Å². The minimum Gasteiger partial charge on any atom is -0.422 e. The first kappa shape index (κ1) is 24.3. The van der Waals surface area contributed by atoms with E-state index < -0.39 is 27.8 Å². The van der Waals surface area contributed by atoms with Crippen LogP contribution in [0, 0.1) is 23.2 Å². The highest BCUT2D eigenvalue weighted by Gasteiger charge is 2.71. The second-order valence-electron chi connectivity index (χ2n) is 10.5. The summed E-state index contributed by atoms with van der Waals surface area (Å²) in [5.41, 5.74) is -0.0504. The number of nitrogens with one attached hydrogen (secondary N) is 1. The lowest BCUT2D eigenvalue weighted by Crippen LogP contribution is -2.43. The molecule has 3 aromatic rings. The van der Waals surface area contributed by atoms with E-state index in [1.165, 1.54) is 6.07 Å². The van der Waals surface area contributed by atoms with Gasteiger partial charge in [0.1, 0.15) is 11.1 Å². The number of rotatable bonds is 4. The molecule has 0 spiro atoms. The molecule has 0 radical (unpaired) electrons. The molecule has 8 heteroatoms. The molecule has 1 amide bonds. The highest BCUT2D eigenvalue weighted by Crippen LogP contribution is 2.71. The quantitative estimate of drug-likeness (QED) is 0.261. The van der Waals surface area contributed by atoms with Gasteiger partial charge in [0.2, 0.25) is 5.91 Å². The smallest absolute Gasteiger partial charge is 0.373 e. The zero-order valence-electron chi connectivity index (χ0n) is 20.6. The van der Waals surface area contributed by atoms with Gasteiger partial charge >= 0.3 is 11.6 Å². The maximum Gasteiger partial charge on any atom is 0.373 e. The predicted octanol–water partition coefficient (Wildman–Crippen LogP) is 6.12. The highest BCUT2D eigenvalue weighted by atomic mass is 35.5. The third kappa shape index (κ3) is 3.48. The topological polar surface area (TPSA) is 98.0 Å². The lowest BCUT2D eigenvalue weighted by molar-refractivity contribution is -0.130. The second kappa shape index (κ2) is 8.30. The molecule has 2 aliphatic rings. The first-order valence-electron chi connectivity index (χ1n) is 11.9. The third-order valence-corrected chi connectivity index (χ3v) is 8.95. The average molecular weight is 507 g/mol. The SMILES string of the molecule is Cc1ccc(Cl)cc1NC(=O)C12CCC(C)(C(=NOC(=O)c3cc4ccccc4oc3=O)C1)C2(C)C. The molecular weight excluding hydrogens is 480 g/mol. The standard InChI is InChI=1S/C28H27ClN2O5/c1-16-9-10-18(29)14-20(16)30-25(34)28-12-11-27(4,26(28,2)3)22(15-28)31-36-24(33)19-13-17-7-5-6-8-21(17)35-23(19)32/h5-10,13-14H,11-12,15H2,1-4H3,(H,30,34). The molecule has 2 unspecified atom stereocenters. The van der Waals surface area contributed by atoms with Crippen molar-refractivity contribution in [2.45, 2.75) is 47.0 Å². The van der Waals surface area contributed by atoms with E-state index in [4.69, 9.17) is 20.9 Å². The molecule has 2 atom stereocenters. The Morgan fingerprint density at radius 3 is 2.61 bits per heavy atom. The number of oxime groups is 1. The Kier molecular flexibility index (Phi) is 5.59. The fourth-order valence-corrected chi connectivity index (χ4v) is 6.02. The number of hydrogen-bond acceptors (Lipinski definition) is 6. The zero-order valence-corrected chi connectivity index (χ0v) is 21.4. The van der Waals surface area contributed by atoms with Crippen molar-refractivity contribution < 1.29 is 18.8 Å². The molecule has 36 heavy (non-hydrogen) atoms. The van der Waals surface area contributed by atoms with Gasteiger partial charge in [-0.1, -0.05) is 61.8 Å². The van der Waals surface area contributed by atoms with E-state index in [2.05, 4.69) is 31.2 Å². The van der Waals surface area contributed by atoms with Gasteiger partial charge in [0.25, 0.3) is 0 Å². The molecule has 2 aromatic carbocycles. The van der Waals surface area contributed by atoms with Crippen LogP contribution >= 0.6 is 11.6 Å². The van der Waals surface area contributed by atoms with Crippen LogP contribution in [0.4, 0.5) is 5.69 Å². The molecule has 2 saturated carbocycles. The number of nitrogens with zero attached hydrogens (tertiary/aromatic N) is 1. The van der Waals surface area contributed by atoms with Gasteiger partial charge in [0, 0.05) is 27.9 Å². The number of amides is 1. The van der Waals surface area contributed by atoms with Gasteiger partial charge in [-0.15, -0.1) is 0 Å². The summed E-state index contributed by atoms with van der Waals surface area (Å²) >= 11 is 6.15. The number of aryl methyl sites for hydroxylation is 1. The van der Waals surface area contributed by atoms with Crippen LogP contribution in [-0.4, -0.2) is 17.6 Å². The van der Waals surface area contributed by atoms with Crippen LogP contribution in [0.5, 0.6) is 0 Å². The van der Waals surface area contributed by atoms with Gasteiger partial charge in [-0.2, -0.15) is 0 Å². The Hall–Kier alpha value is -3.45. The number of halogens is 1. The van der Waals surface area contributed by atoms with E-state index in [1.807, 2.05) is 13.0 Å². The van der Waals surface area contributed by atoms with Gasteiger partial charge in [-0.3, -0.25) is 4.79 Å². The molecule has 2 fully saturated rings. The summed E-state index contributed by atoms with van der Waals surface area (Å²) in [5, 5.41) is 8.45. The van der Waals surface area contributed by atoms with Gasteiger partial charge < -0.3 is 14.6 Å². The van der Waals surface area contributed by atoms with Crippen LogP contribution < -0.4 is 10.9 Å². The van der Waals surface area contributed by atoms with E-state index in [0.717, 1.165) is 12.0 Å². The number of carbonyl (C=O) groups is 2. The summed E-state index contributed by atoms with van der Waals surface area (Å²) in [4.78, 5) is 44.1. The molecule has 1 N–H and O–H groups in total. The second-order valence-corrected chi connectivity index (χ2v) is 11.0. The number of para-hydroxylation sites is 1. The van der Waals surface area contributed by atoms with Crippen LogP contribution in [0.2, 0.25) is 5.02 Å². The molecule has 2 bridgehead atoms. The highest BCUT2D eigenvalue weighted by molar-refractivity contribution is 6.31. The van der Waals surface area contributed by atoms with Gasteiger partial charge in [-0.25, -0.2) is 9.59 Å². The van der Waals surface area contributed by atoms with E-state index in [0.29, 0.717) is 40.2 Å². The van der Waals surface area contributed by atoms with Crippen LogP contribution in [0.3, 0.4) is 0 Å². The molecule has 186 valence electrons. The van der Waals surface area contributed by atoms with Gasteiger partial charge in [-0.05, 0) is 55.0 Å². The molecular formula is C28H27ClN2O5. The Bertz CT molecular complexity index is 1510. The summed E-state index contributed by atoms with van der Waals surface area (Å²) < 4.78 is 5.24. The normalized spacial score (nSPS) is 25.3. The lowest BCUT2D eigenvalue weighted by Gasteiger charge is -2.39. The van der Waals surface area contributed by atoms with Gasteiger partial charge in [0.05, 0.1) is 11.1 Å². The summed E-state index contributed by atoms with van der Waals surface area (Å²) in [6.45, 7) is 8.09. The van der Waals surface area contributed by atoms with Crippen molar-refractivity contribution in [2.75, 3.05) is 5.32 Å². The Labute approximate surface area is 213 Å².